The highest BCUT2D eigenvalue weighted by atomic mass is 32.1. The predicted octanol–water partition coefficient (Wildman–Crippen LogP) is 2.92. The van der Waals surface area contributed by atoms with Crippen molar-refractivity contribution in [2.45, 2.75) is 38.6 Å². The molecule has 3 heteroatoms. The Morgan fingerprint density at radius 2 is 2.25 bits per heavy atom. The van der Waals surface area contributed by atoms with Crippen LogP contribution in [0.2, 0.25) is 0 Å². The number of thiophene rings is 1. The van der Waals surface area contributed by atoms with Crippen molar-refractivity contribution in [3.8, 4) is 0 Å². The highest BCUT2D eigenvalue weighted by Crippen LogP contribution is 2.32. The van der Waals surface area contributed by atoms with Crippen LogP contribution in [0.3, 0.4) is 0 Å². The Morgan fingerprint density at radius 1 is 1.44 bits per heavy atom. The summed E-state index contributed by atoms with van der Waals surface area (Å²) < 4.78 is 5.05. The maximum atomic E-state index is 5.05. The first-order valence-corrected chi connectivity index (χ1v) is 6.96. The van der Waals surface area contributed by atoms with E-state index in [1.807, 2.05) is 11.3 Å². The molecule has 1 aliphatic carbocycles. The van der Waals surface area contributed by atoms with Gasteiger partial charge in [0.2, 0.25) is 0 Å². The maximum Gasteiger partial charge on any atom is 0.0587 e. The fourth-order valence-corrected chi connectivity index (χ4v) is 3.49. The van der Waals surface area contributed by atoms with Crippen LogP contribution in [0.25, 0.3) is 0 Å². The zero-order valence-corrected chi connectivity index (χ0v) is 11.0. The van der Waals surface area contributed by atoms with Crippen molar-refractivity contribution in [3.05, 3.63) is 21.4 Å². The molecular formula is C13H21NOS. The van der Waals surface area contributed by atoms with E-state index >= 15 is 0 Å². The molecule has 0 amide bonds. The summed E-state index contributed by atoms with van der Waals surface area (Å²) in [6.07, 6.45) is 5.33. The van der Waals surface area contributed by atoms with E-state index in [0.29, 0.717) is 6.04 Å². The fraction of sp³-hybridized carbons (Fsp3) is 0.692. The molecule has 1 aromatic rings. The van der Waals surface area contributed by atoms with Crippen molar-refractivity contribution < 1.29 is 4.74 Å². The summed E-state index contributed by atoms with van der Waals surface area (Å²) in [7, 11) is 1.75. The molecule has 1 heterocycles. The first-order chi connectivity index (χ1) is 7.81. The SMILES string of the molecule is COCCNC(C)c1cc2c(s1)CCCC2. The van der Waals surface area contributed by atoms with Gasteiger partial charge < -0.3 is 10.1 Å². The number of hydrogen-bond acceptors (Lipinski definition) is 3. The van der Waals surface area contributed by atoms with Gasteiger partial charge in [-0.25, -0.2) is 0 Å². The molecule has 1 N–H and O–H groups in total. The minimum atomic E-state index is 0.464. The highest BCUT2D eigenvalue weighted by molar-refractivity contribution is 7.12. The van der Waals surface area contributed by atoms with E-state index in [0.717, 1.165) is 13.2 Å². The highest BCUT2D eigenvalue weighted by Gasteiger charge is 2.15. The molecular weight excluding hydrogens is 218 g/mol. The zero-order chi connectivity index (χ0) is 11.4. The van der Waals surface area contributed by atoms with Gasteiger partial charge in [-0.1, -0.05) is 0 Å². The minimum absolute atomic E-state index is 0.464. The lowest BCUT2D eigenvalue weighted by Crippen LogP contribution is -2.22. The molecule has 1 aromatic heterocycles. The van der Waals surface area contributed by atoms with Crippen LogP contribution in [-0.4, -0.2) is 20.3 Å². The van der Waals surface area contributed by atoms with Gasteiger partial charge in [-0.15, -0.1) is 11.3 Å². The average Bonchev–Trinajstić information content (AvgIpc) is 2.73. The normalized spacial score (nSPS) is 17.1. The van der Waals surface area contributed by atoms with E-state index in [-0.39, 0.29) is 0 Å². The number of aryl methyl sites for hydroxylation is 2. The van der Waals surface area contributed by atoms with Crippen LogP contribution >= 0.6 is 11.3 Å². The molecule has 16 heavy (non-hydrogen) atoms. The lowest BCUT2D eigenvalue weighted by molar-refractivity contribution is 0.196. The molecule has 1 unspecified atom stereocenters. The quantitative estimate of drug-likeness (QED) is 0.798. The first kappa shape index (κ1) is 12.1. The Labute approximate surface area is 102 Å². The molecule has 0 saturated carbocycles. The van der Waals surface area contributed by atoms with Gasteiger partial charge in [-0.2, -0.15) is 0 Å². The van der Waals surface area contributed by atoms with Crippen LogP contribution in [0.4, 0.5) is 0 Å². The van der Waals surface area contributed by atoms with Crippen molar-refractivity contribution in [1.82, 2.24) is 5.32 Å². The van der Waals surface area contributed by atoms with Crippen LogP contribution in [0.15, 0.2) is 6.07 Å². The third-order valence-electron chi connectivity index (χ3n) is 3.20. The van der Waals surface area contributed by atoms with Crippen molar-refractivity contribution in [3.63, 3.8) is 0 Å². The number of rotatable bonds is 5. The second kappa shape index (κ2) is 5.80. The van der Waals surface area contributed by atoms with E-state index in [9.17, 15) is 0 Å². The van der Waals surface area contributed by atoms with E-state index in [1.165, 1.54) is 30.6 Å². The number of ether oxygens (including phenoxy) is 1. The summed E-state index contributed by atoms with van der Waals surface area (Å²) in [5.74, 6) is 0. The molecule has 0 saturated heterocycles. The second-order valence-electron chi connectivity index (χ2n) is 4.47. The van der Waals surface area contributed by atoms with E-state index in [2.05, 4.69) is 18.3 Å². The summed E-state index contributed by atoms with van der Waals surface area (Å²) in [4.78, 5) is 3.12. The van der Waals surface area contributed by atoms with E-state index in [1.54, 1.807) is 17.6 Å². The predicted molar refractivity (Wildman–Crippen MR) is 69.3 cm³/mol. The average molecular weight is 239 g/mol. The van der Waals surface area contributed by atoms with Gasteiger partial charge in [0, 0.05) is 29.5 Å². The standard InChI is InChI=1S/C13H21NOS/c1-10(14-7-8-15-2)13-9-11-5-3-4-6-12(11)16-13/h9-10,14H,3-8H2,1-2H3. The Hall–Kier alpha value is -0.380. The largest absolute Gasteiger partial charge is 0.383 e. The molecule has 0 aromatic carbocycles. The van der Waals surface area contributed by atoms with Crippen molar-refractivity contribution in [2.75, 3.05) is 20.3 Å². The Balaban J connectivity index is 1.95. The minimum Gasteiger partial charge on any atom is -0.383 e. The summed E-state index contributed by atoms with van der Waals surface area (Å²) >= 11 is 2.00. The number of methoxy groups -OCH3 is 1. The molecule has 1 atom stereocenters. The maximum absolute atomic E-state index is 5.05. The van der Waals surface area contributed by atoms with Crippen LogP contribution in [0.1, 0.15) is 41.1 Å². The monoisotopic (exact) mass is 239 g/mol. The van der Waals surface area contributed by atoms with Crippen LogP contribution in [-0.2, 0) is 17.6 Å². The van der Waals surface area contributed by atoms with Crippen LogP contribution in [0, 0.1) is 0 Å². The molecule has 2 nitrogen and oxygen atoms in total. The fourth-order valence-electron chi connectivity index (χ4n) is 2.21. The summed E-state index contributed by atoms with van der Waals surface area (Å²) in [5.41, 5.74) is 1.60. The Kier molecular flexibility index (Phi) is 4.38. The van der Waals surface area contributed by atoms with Gasteiger partial charge >= 0.3 is 0 Å². The molecule has 1 aliphatic rings. The van der Waals surface area contributed by atoms with Gasteiger partial charge in [-0.3, -0.25) is 0 Å². The third kappa shape index (κ3) is 2.84. The topological polar surface area (TPSA) is 21.3 Å². The molecule has 0 spiro atoms. The summed E-state index contributed by atoms with van der Waals surface area (Å²) in [6, 6.07) is 2.87. The van der Waals surface area contributed by atoms with Gasteiger partial charge in [0.1, 0.15) is 0 Å². The molecule has 2 rings (SSSR count). The molecule has 0 radical (unpaired) electrons. The summed E-state index contributed by atoms with van der Waals surface area (Å²) in [5, 5.41) is 3.49. The van der Waals surface area contributed by atoms with Gasteiger partial charge in [-0.05, 0) is 44.2 Å². The zero-order valence-electron chi connectivity index (χ0n) is 10.2. The van der Waals surface area contributed by atoms with Crippen molar-refractivity contribution >= 4 is 11.3 Å². The second-order valence-corrected chi connectivity index (χ2v) is 5.64. The lowest BCUT2D eigenvalue weighted by Gasteiger charge is -2.11. The summed E-state index contributed by atoms with van der Waals surface area (Å²) in [6.45, 7) is 3.96. The molecule has 0 aliphatic heterocycles. The van der Waals surface area contributed by atoms with Crippen molar-refractivity contribution in [1.29, 1.82) is 0 Å². The van der Waals surface area contributed by atoms with E-state index < -0.39 is 0 Å². The smallest absolute Gasteiger partial charge is 0.0587 e. The van der Waals surface area contributed by atoms with Crippen molar-refractivity contribution in [2.24, 2.45) is 0 Å². The first-order valence-electron chi connectivity index (χ1n) is 6.15. The third-order valence-corrected chi connectivity index (χ3v) is 4.62. The van der Waals surface area contributed by atoms with Gasteiger partial charge in [0.05, 0.1) is 6.61 Å². The number of nitrogens with one attached hydrogen (secondary N) is 1. The van der Waals surface area contributed by atoms with Crippen LogP contribution < -0.4 is 5.32 Å². The Bertz CT molecular complexity index is 311. The number of hydrogen-bond donors (Lipinski definition) is 1. The molecule has 0 bridgehead atoms. The molecule has 0 fully saturated rings. The van der Waals surface area contributed by atoms with E-state index in [4.69, 9.17) is 4.74 Å². The van der Waals surface area contributed by atoms with Crippen LogP contribution in [0.5, 0.6) is 0 Å². The van der Waals surface area contributed by atoms with Gasteiger partial charge in [0.25, 0.3) is 0 Å². The Morgan fingerprint density at radius 3 is 3.00 bits per heavy atom. The lowest BCUT2D eigenvalue weighted by atomic mass is 9.99. The van der Waals surface area contributed by atoms with Gasteiger partial charge in [0.15, 0.2) is 0 Å². The molecule has 90 valence electrons. The number of fused-ring (bicyclic) bond motifs is 1.